The van der Waals surface area contributed by atoms with Gasteiger partial charge in [0.2, 0.25) is 5.75 Å². The number of nitrogens with zero attached hydrogens (tertiary/aromatic N) is 1. The summed E-state index contributed by atoms with van der Waals surface area (Å²) >= 11 is 0. The van der Waals surface area contributed by atoms with Crippen molar-refractivity contribution in [3.05, 3.63) is 34.4 Å². The molecule has 6 nitrogen and oxygen atoms in total. The molecule has 0 amide bonds. The Labute approximate surface area is 117 Å². The first kappa shape index (κ1) is 16.1. The fourth-order valence-electron chi connectivity index (χ4n) is 1.66. The molecule has 0 aliphatic carbocycles. The number of para-hydroxylation sites is 2. The molecule has 0 spiro atoms. The van der Waals surface area contributed by atoms with E-state index < -0.39 is 10.9 Å². The van der Waals surface area contributed by atoms with Gasteiger partial charge in [0.25, 0.3) is 0 Å². The molecule has 0 saturated heterocycles. The zero-order valence-electron chi connectivity index (χ0n) is 11.5. The monoisotopic (exact) mass is 281 g/mol. The van der Waals surface area contributed by atoms with Crippen molar-refractivity contribution in [2.45, 2.75) is 32.6 Å². The van der Waals surface area contributed by atoms with E-state index >= 15 is 0 Å². The molecule has 110 valence electrons. The van der Waals surface area contributed by atoms with Gasteiger partial charge in [0.15, 0.2) is 0 Å². The Morgan fingerprint density at radius 2 is 2.00 bits per heavy atom. The summed E-state index contributed by atoms with van der Waals surface area (Å²) in [6, 6.07) is 5.86. The third-order valence-corrected chi connectivity index (χ3v) is 2.66. The van der Waals surface area contributed by atoms with Crippen LogP contribution in [0.1, 0.15) is 32.6 Å². The van der Waals surface area contributed by atoms with Crippen LogP contribution in [0.15, 0.2) is 24.3 Å². The minimum Gasteiger partial charge on any atom is -0.419 e. The predicted molar refractivity (Wildman–Crippen MR) is 73.7 cm³/mol. The fraction of sp³-hybridized carbons (Fsp3) is 0.500. The van der Waals surface area contributed by atoms with Crippen LogP contribution in [0.2, 0.25) is 0 Å². The van der Waals surface area contributed by atoms with E-state index in [1.807, 2.05) is 6.92 Å². The zero-order valence-corrected chi connectivity index (χ0v) is 11.5. The largest absolute Gasteiger partial charge is 0.419 e. The van der Waals surface area contributed by atoms with E-state index in [1.54, 1.807) is 6.07 Å². The van der Waals surface area contributed by atoms with Crippen LogP contribution < -0.4 is 4.74 Å². The fourth-order valence-corrected chi connectivity index (χ4v) is 1.66. The average molecular weight is 281 g/mol. The molecular weight excluding hydrogens is 262 g/mol. The first-order chi connectivity index (χ1) is 9.65. The van der Waals surface area contributed by atoms with Crippen molar-refractivity contribution in [2.75, 3.05) is 13.2 Å². The SMILES string of the molecule is CCOCCCCCC(=O)Oc1ccccc1[N+](=O)[O-]. The summed E-state index contributed by atoms with van der Waals surface area (Å²) < 4.78 is 10.2. The van der Waals surface area contributed by atoms with Crippen LogP contribution in [0, 0.1) is 10.1 Å². The standard InChI is InChI=1S/C14H19NO5/c1-2-19-11-7-3-4-10-14(16)20-13-9-6-5-8-12(13)15(17)18/h5-6,8-9H,2-4,7,10-11H2,1H3. The molecule has 6 heteroatoms. The minimum absolute atomic E-state index is 0.00295. The summed E-state index contributed by atoms with van der Waals surface area (Å²) in [5, 5.41) is 10.8. The molecule has 0 unspecified atom stereocenters. The average Bonchev–Trinajstić information content (AvgIpc) is 2.43. The van der Waals surface area contributed by atoms with Gasteiger partial charge in [-0.1, -0.05) is 18.6 Å². The molecule has 0 heterocycles. The number of hydrogen-bond acceptors (Lipinski definition) is 5. The maximum atomic E-state index is 11.6. The molecule has 1 aromatic rings. The number of carbonyl (C=O) groups is 1. The second-order valence-electron chi connectivity index (χ2n) is 4.21. The maximum Gasteiger partial charge on any atom is 0.311 e. The van der Waals surface area contributed by atoms with E-state index in [-0.39, 0.29) is 17.9 Å². The number of carbonyl (C=O) groups excluding carboxylic acids is 1. The summed E-state index contributed by atoms with van der Waals surface area (Å²) in [6.45, 7) is 3.32. The third kappa shape index (κ3) is 5.79. The van der Waals surface area contributed by atoms with E-state index in [0.29, 0.717) is 19.6 Å². The van der Waals surface area contributed by atoms with Crippen LogP contribution in [-0.2, 0) is 9.53 Å². The second-order valence-corrected chi connectivity index (χ2v) is 4.21. The molecule has 0 aliphatic heterocycles. The molecule has 0 aromatic heterocycles. The number of ether oxygens (including phenoxy) is 2. The van der Waals surface area contributed by atoms with E-state index in [0.717, 1.165) is 12.8 Å². The first-order valence-corrected chi connectivity index (χ1v) is 6.67. The van der Waals surface area contributed by atoms with Gasteiger partial charge in [-0.3, -0.25) is 14.9 Å². The molecule has 0 bridgehead atoms. The summed E-state index contributed by atoms with van der Waals surface area (Å²) in [7, 11) is 0. The van der Waals surface area contributed by atoms with Gasteiger partial charge in [-0.25, -0.2) is 0 Å². The van der Waals surface area contributed by atoms with Crippen LogP contribution in [0.4, 0.5) is 5.69 Å². The van der Waals surface area contributed by atoms with Crippen LogP contribution in [0.25, 0.3) is 0 Å². The lowest BCUT2D eigenvalue weighted by molar-refractivity contribution is -0.385. The molecule has 0 aliphatic rings. The Hall–Kier alpha value is -1.95. The molecular formula is C14H19NO5. The molecule has 20 heavy (non-hydrogen) atoms. The number of nitro benzene ring substituents is 1. The van der Waals surface area contributed by atoms with Crippen LogP contribution >= 0.6 is 0 Å². The smallest absolute Gasteiger partial charge is 0.311 e. The van der Waals surface area contributed by atoms with E-state index in [9.17, 15) is 14.9 Å². The van der Waals surface area contributed by atoms with Gasteiger partial charge in [0.05, 0.1) is 4.92 Å². The summed E-state index contributed by atoms with van der Waals surface area (Å²) in [6.07, 6.45) is 2.70. The molecule has 0 N–H and O–H groups in total. The Balaban J connectivity index is 2.34. The third-order valence-electron chi connectivity index (χ3n) is 2.66. The van der Waals surface area contributed by atoms with Gasteiger partial charge in [0.1, 0.15) is 0 Å². The Morgan fingerprint density at radius 1 is 1.25 bits per heavy atom. The van der Waals surface area contributed by atoms with Gasteiger partial charge < -0.3 is 9.47 Å². The number of nitro groups is 1. The van der Waals surface area contributed by atoms with Crippen LogP contribution in [0.3, 0.4) is 0 Å². The van der Waals surface area contributed by atoms with Crippen molar-refractivity contribution in [3.8, 4) is 5.75 Å². The quantitative estimate of drug-likeness (QED) is 0.228. The van der Waals surface area contributed by atoms with Crippen molar-refractivity contribution < 1.29 is 19.2 Å². The maximum absolute atomic E-state index is 11.6. The van der Waals surface area contributed by atoms with Crippen LogP contribution in [0.5, 0.6) is 5.75 Å². The molecule has 0 fully saturated rings. The Kier molecular flexibility index (Phi) is 7.27. The van der Waals surface area contributed by atoms with Gasteiger partial charge >= 0.3 is 11.7 Å². The van der Waals surface area contributed by atoms with Crippen molar-refractivity contribution >= 4 is 11.7 Å². The normalized spacial score (nSPS) is 10.2. The highest BCUT2D eigenvalue weighted by Crippen LogP contribution is 2.26. The lowest BCUT2D eigenvalue weighted by Gasteiger charge is -2.05. The van der Waals surface area contributed by atoms with Crippen LogP contribution in [-0.4, -0.2) is 24.1 Å². The van der Waals surface area contributed by atoms with E-state index in [2.05, 4.69) is 0 Å². The number of benzene rings is 1. The molecule has 0 radical (unpaired) electrons. The second kappa shape index (κ2) is 9.03. The van der Waals surface area contributed by atoms with E-state index in [4.69, 9.17) is 9.47 Å². The summed E-state index contributed by atoms with van der Waals surface area (Å²) in [5.41, 5.74) is -0.197. The number of esters is 1. The highest BCUT2D eigenvalue weighted by atomic mass is 16.6. The van der Waals surface area contributed by atoms with Crippen molar-refractivity contribution in [2.24, 2.45) is 0 Å². The summed E-state index contributed by atoms with van der Waals surface area (Å²) in [5.74, 6) is -0.451. The zero-order chi connectivity index (χ0) is 14.8. The minimum atomic E-state index is -0.565. The molecule has 1 rings (SSSR count). The highest BCUT2D eigenvalue weighted by Gasteiger charge is 2.16. The predicted octanol–water partition coefficient (Wildman–Crippen LogP) is 3.10. The Morgan fingerprint density at radius 3 is 2.70 bits per heavy atom. The highest BCUT2D eigenvalue weighted by molar-refractivity contribution is 5.73. The molecule has 0 saturated carbocycles. The van der Waals surface area contributed by atoms with Gasteiger partial charge in [-0.05, 0) is 25.8 Å². The number of hydrogen-bond donors (Lipinski definition) is 0. The van der Waals surface area contributed by atoms with Gasteiger partial charge in [-0.15, -0.1) is 0 Å². The number of unbranched alkanes of at least 4 members (excludes halogenated alkanes) is 2. The summed E-state index contributed by atoms with van der Waals surface area (Å²) in [4.78, 5) is 21.8. The molecule has 0 atom stereocenters. The van der Waals surface area contributed by atoms with Gasteiger partial charge in [0, 0.05) is 25.7 Å². The van der Waals surface area contributed by atoms with Crippen molar-refractivity contribution in [1.82, 2.24) is 0 Å². The first-order valence-electron chi connectivity index (χ1n) is 6.67. The topological polar surface area (TPSA) is 78.7 Å². The van der Waals surface area contributed by atoms with Gasteiger partial charge in [-0.2, -0.15) is 0 Å². The molecule has 1 aromatic carbocycles. The van der Waals surface area contributed by atoms with Crippen molar-refractivity contribution in [3.63, 3.8) is 0 Å². The number of rotatable bonds is 9. The van der Waals surface area contributed by atoms with E-state index in [1.165, 1.54) is 18.2 Å². The van der Waals surface area contributed by atoms with Crippen molar-refractivity contribution in [1.29, 1.82) is 0 Å². The Bertz CT molecular complexity index is 447. The lowest BCUT2D eigenvalue weighted by atomic mass is 10.2. The lowest BCUT2D eigenvalue weighted by Crippen LogP contribution is -2.09.